The second-order valence-electron chi connectivity index (χ2n) is 4.35. The molecule has 3 heteroatoms. The smallest absolute Gasteiger partial charge is 0.0935 e. The van der Waals surface area contributed by atoms with Gasteiger partial charge in [-0.3, -0.25) is 0 Å². The highest BCUT2D eigenvalue weighted by molar-refractivity contribution is 7.09. The van der Waals surface area contributed by atoms with Gasteiger partial charge in [0.1, 0.15) is 0 Å². The lowest BCUT2D eigenvalue weighted by atomic mass is 10.1. The van der Waals surface area contributed by atoms with Crippen LogP contribution in [0.1, 0.15) is 18.9 Å². The van der Waals surface area contributed by atoms with E-state index in [1.807, 2.05) is 24.3 Å². The van der Waals surface area contributed by atoms with E-state index in [4.69, 9.17) is 5.73 Å². The first kappa shape index (κ1) is 11.1. The third-order valence-electron chi connectivity index (χ3n) is 2.32. The molecule has 0 saturated carbocycles. The summed E-state index contributed by atoms with van der Waals surface area (Å²) in [6.45, 7) is 4.42. The summed E-state index contributed by atoms with van der Waals surface area (Å²) in [5.41, 5.74) is 8.69. The van der Waals surface area contributed by atoms with Crippen molar-refractivity contribution in [3.63, 3.8) is 0 Å². The van der Waals surface area contributed by atoms with Gasteiger partial charge in [0.2, 0.25) is 0 Å². The molecule has 2 nitrogen and oxygen atoms in total. The predicted octanol–water partition coefficient (Wildman–Crippen LogP) is 3.59. The van der Waals surface area contributed by atoms with E-state index in [0.29, 0.717) is 5.92 Å². The van der Waals surface area contributed by atoms with Gasteiger partial charge in [-0.15, -0.1) is 11.3 Å². The zero-order valence-corrected chi connectivity index (χ0v) is 10.4. The number of nitrogen functional groups attached to an aromatic ring is 1. The first-order chi connectivity index (χ1) is 7.65. The minimum Gasteiger partial charge on any atom is -0.399 e. The van der Waals surface area contributed by atoms with Crippen LogP contribution in [0.2, 0.25) is 0 Å². The van der Waals surface area contributed by atoms with Crippen LogP contribution < -0.4 is 5.73 Å². The topological polar surface area (TPSA) is 38.9 Å². The molecule has 1 heterocycles. The molecule has 1 aromatic carbocycles. The molecule has 0 bridgehead atoms. The van der Waals surface area contributed by atoms with E-state index in [0.717, 1.165) is 23.4 Å². The lowest BCUT2D eigenvalue weighted by Gasteiger charge is -2.00. The normalized spacial score (nSPS) is 10.9. The predicted molar refractivity (Wildman–Crippen MR) is 70.5 cm³/mol. The van der Waals surface area contributed by atoms with Crippen molar-refractivity contribution < 1.29 is 0 Å². The zero-order valence-electron chi connectivity index (χ0n) is 9.60. The van der Waals surface area contributed by atoms with Crippen molar-refractivity contribution in [3.05, 3.63) is 34.7 Å². The Hall–Kier alpha value is -1.35. The van der Waals surface area contributed by atoms with E-state index < -0.39 is 0 Å². The van der Waals surface area contributed by atoms with Crippen molar-refractivity contribution in [2.75, 3.05) is 5.73 Å². The molecule has 16 heavy (non-hydrogen) atoms. The Morgan fingerprint density at radius 2 is 2.19 bits per heavy atom. The maximum Gasteiger partial charge on any atom is 0.0935 e. The van der Waals surface area contributed by atoms with Gasteiger partial charge < -0.3 is 5.73 Å². The van der Waals surface area contributed by atoms with E-state index in [1.165, 1.54) is 5.01 Å². The molecule has 0 radical (unpaired) electrons. The molecule has 0 unspecified atom stereocenters. The Labute approximate surface area is 100 Å². The van der Waals surface area contributed by atoms with E-state index in [2.05, 4.69) is 24.2 Å². The third kappa shape index (κ3) is 2.61. The highest BCUT2D eigenvalue weighted by Gasteiger charge is 2.06. The number of benzene rings is 1. The average Bonchev–Trinajstić information content (AvgIpc) is 2.65. The van der Waals surface area contributed by atoms with Crippen molar-refractivity contribution in [2.24, 2.45) is 5.92 Å². The molecule has 2 aromatic rings. The van der Waals surface area contributed by atoms with E-state index in [-0.39, 0.29) is 0 Å². The SMILES string of the molecule is CC(C)Cc1nc(-c2cccc(N)c2)cs1. The molecule has 0 aliphatic carbocycles. The zero-order chi connectivity index (χ0) is 11.5. The molecular formula is C13H16N2S. The number of hydrogen-bond donors (Lipinski definition) is 1. The third-order valence-corrected chi connectivity index (χ3v) is 3.19. The summed E-state index contributed by atoms with van der Waals surface area (Å²) >= 11 is 1.73. The fourth-order valence-corrected chi connectivity index (χ4v) is 2.60. The number of nitrogens with zero attached hydrogens (tertiary/aromatic N) is 1. The van der Waals surface area contributed by atoms with Gasteiger partial charge in [-0.25, -0.2) is 4.98 Å². The highest BCUT2D eigenvalue weighted by atomic mass is 32.1. The first-order valence-electron chi connectivity index (χ1n) is 5.45. The minimum atomic E-state index is 0.653. The number of aromatic nitrogens is 1. The van der Waals surface area contributed by atoms with Crippen molar-refractivity contribution in [1.82, 2.24) is 4.98 Å². The second kappa shape index (κ2) is 4.66. The van der Waals surface area contributed by atoms with Gasteiger partial charge >= 0.3 is 0 Å². The number of rotatable bonds is 3. The van der Waals surface area contributed by atoms with Crippen molar-refractivity contribution in [1.29, 1.82) is 0 Å². The number of anilines is 1. The van der Waals surface area contributed by atoms with Crippen LogP contribution >= 0.6 is 11.3 Å². The van der Waals surface area contributed by atoms with Crippen LogP contribution in [0.25, 0.3) is 11.3 Å². The average molecular weight is 232 g/mol. The molecule has 0 amide bonds. The Bertz CT molecular complexity index is 474. The summed E-state index contributed by atoms with van der Waals surface area (Å²) in [7, 11) is 0. The van der Waals surface area contributed by atoms with E-state index in [1.54, 1.807) is 11.3 Å². The van der Waals surface area contributed by atoms with Crippen LogP contribution in [-0.4, -0.2) is 4.98 Å². The maximum absolute atomic E-state index is 5.76. The number of hydrogen-bond acceptors (Lipinski definition) is 3. The van der Waals surface area contributed by atoms with E-state index >= 15 is 0 Å². The molecule has 0 spiro atoms. The molecule has 0 saturated heterocycles. The molecule has 0 atom stereocenters. The van der Waals surface area contributed by atoms with Crippen LogP contribution in [0.4, 0.5) is 5.69 Å². The second-order valence-corrected chi connectivity index (χ2v) is 5.29. The van der Waals surface area contributed by atoms with Gasteiger partial charge in [0.25, 0.3) is 0 Å². The van der Waals surface area contributed by atoms with Gasteiger partial charge in [-0.1, -0.05) is 26.0 Å². The van der Waals surface area contributed by atoms with Crippen molar-refractivity contribution in [3.8, 4) is 11.3 Å². The standard InChI is InChI=1S/C13H16N2S/c1-9(2)6-13-15-12(8-16-13)10-4-3-5-11(14)7-10/h3-5,7-9H,6,14H2,1-2H3. The molecule has 84 valence electrons. The van der Waals surface area contributed by atoms with Crippen molar-refractivity contribution in [2.45, 2.75) is 20.3 Å². The van der Waals surface area contributed by atoms with Crippen molar-refractivity contribution >= 4 is 17.0 Å². The van der Waals surface area contributed by atoms with Gasteiger partial charge in [0.15, 0.2) is 0 Å². The van der Waals surface area contributed by atoms with Gasteiger partial charge in [0.05, 0.1) is 10.7 Å². The van der Waals surface area contributed by atoms with Gasteiger partial charge in [0, 0.05) is 23.1 Å². The van der Waals surface area contributed by atoms with Gasteiger partial charge in [-0.05, 0) is 18.1 Å². The molecule has 0 aliphatic heterocycles. The van der Waals surface area contributed by atoms with Gasteiger partial charge in [-0.2, -0.15) is 0 Å². The largest absolute Gasteiger partial charge is 0.399 e. The van der Waals surface area contributed by atoms with Crippen LogP contribution in [-0.2, 0) is 6.42 Å². The summed E-state index contributed by atoms with van der Waals surface area (Å²) in [6.07, 6.45) is 1.05. The summed E-state index contributed by atoms with van der Waals surface area (Å²) in [6, 6.07) is 7.87. The van der Waals surface area contributed by atoms with E-state index in [9.17, 15) is 0 Å². The molecule has 2 N–H and O–H groups in total. The number of thiazole rings is 1. The molecule has 2 rings (SSSR count). The summed E-state index contributed by atoms with van der Waals surface area (Å²) in [4.78, 5) is 4.62. The number of nitrogens with two attached hydrogens (primary N) is 1. The lowest BCUT2D eigenvalue weighted by molar-refractivity contribution is 0.645. The fraction of sp³-hybridized carbons (Fsp3) is 0.308. The Morgan fingerprint density at radius 3 is 2.88 bits per heavy atom. The fourth-order valence-electron chi connectivity index (χ4n) is 1.58. The summed E-state index contributed by atoms with van der Waals surface area (Å²) in [5, 5.41) is 3.30. The minimum absolute atomic E-state index is 0.653. The van der Waals surface area contributed by atoms with Crippen LogP contribution in [0.5, 0.6) is 0 Å². The maximum atomic E-state index is 5.76. The summed E-state index contributed by atoms with van der Waals surface area (Å²) in [5.74, 6) is 0.653. The highest BCUT2D eigenvalue weighted by Crippen LogP contribution is 2.24. The lowest BCUT2D eigenvalue weighted by Crippen LogP contribution is -1.93. The Morgan fingerprint density at radius 1 is 1.38 bits per heavy atom. The quantitative estimate of drug-likeness (QED) is 0.821. The monoisotopic (exact) mass is 232 g/mol. The van der Waals surface area contributed by atoms with Crippen LogP contribution in [0, 0.1) is 5.92 Å². The Balaban J connectivity index is 2.24. The van der Waals surface area contributed by atoms with Crippen LogP contribution in [0.15, 0.2) is 29.6 Å². The molecule has 0 fully saturated rings. The Kier molecular flexibility index (Phi) is 3.25. The summed E-state index contributed by atoms with van der Waals surface area (Å²) < 4.78 is 0. The van der Waals surface area contributed by atoms with Crippen LogP contribution in [0.3, 0.4) is 0 Å². The molecule has 1 aromatic heterocycles. The first-order valence-corrected chi connectivity index (χ1v) is 6.33. The molecule has 0 aliphatic rings. The molecular weight excluding hydrogens is 216 g/mol.